The van der Waals surface area contributed by atoms with Crippen LogP contribution < -0.4 is 0 Å². The van der Waals surface area contributed by atoms with Gasteiger partial charge in [0.1, 0.15) is 0 Å². The first kappa shape index (κ1) is 36.7. The average Bonchev–Trinajstić information content (AvgIpc) is 2.50. The average molecular weight is 352 g/mol. The molecule has 3 N–H and O–H groups in total. The van der Waals surface area contributed by atoms with Crippen LogP contribution in [0, 0.1) is 11.5 Å². The van der Waals surface area contributed by atoms with E-state index >= 15 is 0 Å². The maximum atomic E-state index is 7.00. The second kappa shape index (κ2) is 21.0. The Labute approximate surface area is 145 Å². The Bertz CT molecular complexity index is 240. The molecule has 0 radical (unpaired) electrons. The first-order chi connectivity index (χ1) is 7.45. The van der Waals surface area contributed by atoms with Crippen LogP contribution in [0.5, 0.6) is 0 Å². The molecule has 0 aromatic rings. The van der Waals surface area contributed by atoms with E-state index in [1.165, 1.54) is 16.7 Å². The fourth-order valence-electron chi connectivity index (χ4n) is 1.41. The molecule has 0 saturated heterocycles. The zero-order valence-electron chi connectivity index (χ0n) is 13.2. The molecule has 19 heavy (non-hydrogen) atoms. The van der Waals surface area contributed by atoms with Gasteiger partial charge < -0.3 is 15.3 Å². The molecule has 0 unspecified atom stereocenters. The molecule has 0 aromatic heterocycles. The normalized spacial score (nSPS) is 13.3. The van der Waals surface area contributed by atoms with Crippen molar-refractivity contribution in [3.8, 4) is 0 Å². The van der Waals surface area contributed by atoms with Crippen LogP contribution in [0.25, 0.3) is 0 Å². The van der Waals surface area contributed by atoms with Crippen LogP contribution in [0.1, 0.15) is 34.6 Å². The number of rotatable bonds is 0. The van der Waals surface area contributed by atoms with Gasteiger partial charge in [0.05, 0.1) is 0 Å². The van der Waals surface area contributed by atoms with E-state index in [2.05, 4.69) is 40.7 Å². The van der Waals surface area contributed by atoms with Gasteiger partial charge in [-0.25, -0.2) is 5.57 Å². The van der Waals surface area contributed by atoms with Gasteiger partial charge in [-0.2, -0.15) is 11.1 Å². The van der Waals surface area contributed by atoms with Crippen molar-refractivity contribution in [2.75, 3.05) is 21.3 Å². The van der Waals surface area contributed by atoms with Crippen molar-refractivity contribution in [2.45, 2.75) is 34.6 Å². The van der Waals surface area contributed by atoms with Crippen molar-refractivity contribution < 1.29 is 37.0 Å². The number of aliphatic hydroxyl groups is 3. The number of halogens is 2. The maximum absolute atomic E-state index is 7.00. The van der Waals surface area contributed by atoms with E-state index in [1.807, 2.05) is 0 Å². The minimum Gasteiger partial charge on any atom is -0.400 e. The number of hydrogen-bond donors (Lipinski definition) is 3. The van der Waals surface area contributed by atoms with Crippen LogP contribution >= 0.6 is 24.8 Å². The van der Waals surface area contributed by atoms with E-state index in [1.54, 1.807) is 0 Å². The Morgan fingerprint density at radius 3 is 1.11 bits per heavy atom. The molecule has 1 aliphatic rings. The SMILES string of the molecule is CC1=[C-]C(C)(C)C(C)=C1C.CO.CO.CO.Cl.Cl.[Ti]. The molecule has 3 nitrogen and oxygen atoms in total. The summed E-state index contributed by atoms with van der Waals surface area (Å²) in [6, 6.07) is 0. The van der Waals surface area contributed by atoms with Crippen LogP contribution in [0.4, 0.5) is 0 Å². The molecule has 0 saturated carbocycles. The Hall–Kier alpha value is 0.654. The third-order valence-corrected chi connectivity index (χ3v) is 2.56. The summed E-state index contributed by atoms with van der Waals surface area (Å²) >= 11 is 0. The summed E-state index contributed by atoms with van der Waals surface area (Å²) in [5.41, 5.74) is 4.39. The fraction of sp³-hybridized carbons (Fsp3) is 0.692. The second-order valence-electron chi connectivity index (χ2n) is 3.62. The van der Waals surface area contributed by atoms with Crippen LogP contribution in [-0.4, -0.2) is 36.6 Å². The van der Waals surface area contributed by atoms with E-state index in [-0.39, 0.29) is 51.9 Å². The van der Waals surface area contributed by atoms with Crippen molar-refractivity contribution in [1.82, 2.24) is 0 Å². The number of hydrogen-bond acceptors (Lipinski definition) is 3. The predicted molar refractivity (Wildman–Crippen MR) is 83.5 cm³/mol. The predicted octanol–water partition coefficient (Wildman–Crippen LogP) is 2.78. The molecular weight excluding hydrogens is 323 g/mol. The quantitative estimate of drug-likeness (QED) is 0.464. The molecule has 0 heterocycles. The summed E-state index contributed by atoms with van der Waals surface area (Å²) in [6.07, 6.45) is 3.44. The van der Waals surface area contributed by atoms with E-state index < -0.39 is 0 Å². The van der Waals surface area contributed by atoms with Crippen LogP contribution in [-0.2, 0) is 21.7 Å². The molecule has 1 aliphatic carbocycles. The smallest absolute Gasteiger partial charge is 0.0319 e. The molecule has 0 atom stereocenters. The van der Waals surface area contributed by atoms with E-state index in [0.717, 1.165) is 21.3 Å². The summed E-state index contributed by atoms with van der Waals surface area (Å²) in [4.78, 5) is 0. The van der Waals surface area contributed by atoms with E-state index in [9.17, 15) is 0 Å². The Morgan fingerprint density at radius 2 is 1.05 bits per heavy atom. The Morgan fingerprint density at radius 1 is 0.789 bits per heavy atom. The summed E-state index contributed by atoms with van der Waals surface area (Å²) in [6.45, 7) is 10.9. The van der Waals surface area contributed by atoms with Crippen LogP contribution in [0.15, 0.2) is 16.7 Å². The summed E-state index contributed by atoms with van der Waals surface area (Å²) < 4.78 is 0. The van der Waals surface area contributed by atoms with Gasteiger partial charge in [-0.1, -0.05) is 33.1 Å². The van der Waals surface area contributed by atoms with E-state index in [4.69, 9.17) is 15.3 Å². The largest absolute Gasteiger partial charge is 0.400 e. The fourth-order valence-corrected chi connectivity index (χ4v) is 1.41. The zero-order valence-corrected chi connectivity index (χ0v) is 16.4. The van der Waals surface area contributed by atoms with Gasteiger partial charge in [-0.3, -0.25) is 6.08 Å². The third kappa shape index (κ3) is 13.4. The molecule has 6 heteroatoms. The molecule has 0 bridgehead atoms. The first-order valence-corrected chi connectivity index (χ1v) is 5.09. The van der Waals surface area contributed by atoms with Crippen molar-refractivity contribution >= 4 is 24.8 Å². The molecule has 118 valence electrons. The maximum Gasteiger partial charge on any atom is 0.0319 e. The molecular formula is C13H29Cl2O3Ti-. The number of aliphatic hydroxyl groups excluding tert-OH is 3. The van der Waals surface area contributed by atoms with Gasteiger partial charge in [0.2, 0.25) is 0 Å². The third-order valence-electron chi connectivity index (χ3n) is 2.56. The van der Waals surface area contributed by atoms with Gasteiger partial charge in [0, 0.05) is 43.0 Å². The van der Waals surface area contributed by atoms with Gasteiger partial charge in [0.15, 0.2) is 0 Å². The van der Waals surface area contributed by atoms with Crippen LogP contribution in [0.2, 0.25) is 0 Å². The Balaban J connectivity index is -0.0000000418. The van der Waals surface area contributed by atoms with Gasteiger partial charge in [-0.15, -0.1) is 31.7 Å². The van der Waals surface area contributed by atoms with Crippen molar-refractivity contribution in [2.24, 2.45) is 5.41 Å². The summed E-state index contributed by atoms with van der Waals surface area (Å²) in [5, 5.41) is 21.0. The summed E-state index contributed by atoms with van der Waals surface area (Å²) in [7, 11) is 3.00. The van der Waals surface area contributed by atoms with Crippen molar-refractivity contribution in [3.63, 3.8) is 0 Å². The Kier molecular flexibility index (Phi) is 40.5. The monoisotopic (exact) mass is 351 g/mol. The topological polar surface area (TPSA) is 60.7 Å². The molecule has 0 aromatic carbocycles. The zero-order chi connectivity index (χ0) is 13.9. The molecule has 0 fully saturated rings. The molecule has 1 rings (SSSR count). The van der Waals surface area contributed by atoms with Crippen LogP contribution in [0.3, 0.4) is 0 Å². The second-order valence-corrected chi connectivity index (χ2v) is 3.62. The van der Waals surface area contributed by atoms with Crippen molar-refractivity contribution in [3.05, 3.63) is 22.8 Å². The molecule has 0 spiro atoms. The molecule has 0 amide bonds. The van der Waals surface area contributed by atoms with Crippen molar-refractivity contribution in [1.29, 1.82) is 0 Å². The minimum atomic E-state index is 0. The summed E-state index contributed by atoms with van der Waals surface area (Å²) in [5.74, 6) is 0. The standard InChI is InChI=1S/C10H15.3CH4O.2ClH.Ti/c1-7-6-10(4,5)9(3)8(7)2;3*1-2;;;/h1-5H3;3*2H,1H3;2*1H;/q-1;;;;;;. The van der Waals surface area contributed by atoms with Gasteiger partial charge in [-0.05, 0) is 0 Å². The minimum absolute atomic E-state index is 0. The van der Waals surface area contributed by atoms with E-state index in [0.29, 0.717) is 0 Å². The van der Waals surface area contributed by atoms with Gasteiger partial charge >= 0.3 is 0 Å². The van der Waals surface area contributed by atoms with Gasteiger partial charge in [0.25, 0.3) is 0 Å². The number of allylic oxidation sites excluding steroid dienone is 4. The molecule has 0 aliphatic heterocycles. The first-order valence-electron chi connectivity index (χ1n) is 5.09.